The Bertz CT molecular complexity index is 1040. The average Bonchev–Trinajstić information content (AvgIpc) is 3.33. The number of amides is 1. The number of pyridine rings is 1. The Hall–Kier alpha value is -3.46. The van der Waals surface area contributed by atoms with Crippen LogP contribution in [0.15, 0.2) is 42.6 Å². The van der Waals surface area contributed by atoms with E-state index in [1.54, 1.807) is 37.4 Å². The minimum Gasteiger partial charge on any atom is -0.454 e. The van der Waals surface area contributed by atoms with Crippen LogP contribution in [-0.4, -0.2) is 35.2 Å². The van der Waals surface area contributed by atoms with E-state index in [1.165, 1.54) is 11.3 Å². The molecule has 0 aliphatic carbocycles. The molecule has 0 radical (unpaired) electrons. The Morgan fingerprint density at radius 1 is 1.21 bits per heavy atom. The number of nitrogens with zero attached hydrogens (tertiary/aromatic N) is 2. The van der Waals surface area contributed by atoms with Crippen molar-refractivity contribution in [3.63, 3.8) is 0 Å². The van der Waals surface area contributed by atoms with Crippen molar-refractivity contribution >= 4 is 28.9 Å². The number of nitrogens with one attached hydrogen (secondary N) is 1. The van der Waals surface area contributed by atoms with Gasteiger partial charge >= 0.3 is 5.97 Å². The lowest BCUT2D eigenvalue weighted by Crippen LogP contribution is -2.20. The molecule has 1 aliphatic heterocycles. The maximum absolute atomic E-state index is 12.3. The molecule has 142 valence electrons. The zero-order chi connectivity index (χ0) is 19.5. The fourth-order valence-electron chi connectivity index (χ4n) is 2.55. The van der Waals surface area contributed by atoms with Crippen molar-refractivity contribution in [2.45, 2.75) is 6.92 Å². The number of hydrogen-bond acceptors (Lipinski definition) is 8. The van der Waals surface area contributed by atoms with Gasteiger partial charge in [0.05, 0.1) is 11.4 Å². The molecule has 2 aromatic heterocycles. The summed E-state index contributed by atoms with van der Waals surface area (Å²) in [5.74, 6) is 0.114. The van der Waals surface area contributed by atoms with Gasteiger partial charge in [-0.15, -0.1) is 11.3 Å². The first-order valence-electron chi connectivity index (χ1n) is 8.35. The van der Waals surface area contributed by atoms with Gasteiger partial charge in [-0.3, -0.25) is 9.78 Å². The molecular formula is C19H15N3O5S. The first-order valence-corrected chi connectivity index (χ1v) is 9.17. The molecule has 1 aromatic carbocycles. The highest BCUT2D eigenvalue weighted by Crippen LogP contribution is 2.34. The zero-order valence-corrected chi connectivity index (χ0v) is 15.6. The maximum atomic E-state index is 12.3. The molecule has 8 nitrogen and oxygen atoms in total. The van der Waals surface area contributed by atoms with Crippen LogP contribution in [0, 0.1) is 6.92 Å². The summed E-state index contributed by atoms with van der Waals surface area (Å²) in [4.78, 5) is 33.3. The van der Waals surface area contributed by atoms with E-state index < -0.39 is 18.5 Å². The number of rotatable bonds is 5. The summed E-state index contributed by atoms with van der Waals surface area (Å²) in [6.45, 7) is 1.45. The number of fused-ring (bicyclic) bond motifs is 1. The molecule has 0 atom stereocenters. The molecule has 4 rings (SSSR count). The molecule has 3 heterocycles. The smallest absolute Gasteiger partial charge is 0.350 e. The van der Waals surface area contributed by atoms with Gasteiger partial charge in [-0.25, -0.2) is 9.78 Å². The van der Waals surface area contributed by atoms with E-state index in [4.69, 9.17) is 14.2 Å². The number of carbonyl (C=O) groups excluding carboxylic acids is 2. The Morgan fingerprint density at radius 2 is 2.07 bits per heavy atom. The van der Waals surface area contributed by atoms with Crippen LogP contribution in [0.5, 0.6) is 11.5 Å². The topological polar surface area (TPSA) is 99.6 Å². The summed E-state index contributed by atoms with van der Waals surface area (Å²) in [5.41, 5.74) is 1.73. The Balaban J connectivity index is 1.36. The summed E-state index contributed by atoms with van der Waals surface area (Å²) >= 11 is 1.18. The van der Waals surface area contributed by atoms with Crippen LogP contribution in [0.3, 0.4) is 0 Å². The van der Waals surface area contributed by atoms with Crippen LogP contribution in [0.1, 0.15) is 15.4 Å². The normalized spacial score (nSPS) is 11.9. The predicted molar refractivity (Wildman–Crippen MR) is 102 cm³/mol. The molecule has 0 unspecified atom stereocenters. The molecule has 3 aromatic rings. The van der Waals surface area contributed by atoms with Crippen molar-refractivity contribution in [2.24, 2.45) is 0 Å². The summed E-state index contributed by atoms with van der Waals surface area (Å²) in [7, 11) is 0. The number of aromatic nitrogens is 2. The highest BCUT2D eigenvalue weighted by molar-refractivity contribution is 7.17. The number of esters is 1. The number of thiazole rings is 1. The van der Waals surface area contributed by atoms with E-state index in [-0.39, 0.29) is 6.79 Å². The maximum Gasteiger partial charge on any atom is 0.350 e. The van der Waals surface area contributed by atoms with Crippen molar-refractivity contribution < 1.29 is 23.8 Å². The first-order chi connectivity index (χ1) is 13.6. The Kier molecular flexibility index (Phi) is 4.90. The second-order valence-electron chi connectivity index (χ2n) is 5.84. The fraction of sp³-hybridized carbons (Fsp3) is 0.158. The zero-order valence-electron chi connectivity index (χ0n) is 14.8. The number of hydrogen-bond donors (Lipinski definition) is 1. The largest absolute Gasteiger partial charge is 0.454 e. The lowest BCUT2D eigenvalue weighted by molar-refractivity contribution is -0.119. The van der Waals surface area contributed by atoms with E-state index in [9.17, 15) is 9.59 Å². The number of benzene rings is 1. The number of ether oxygens (including phenoxy) is 3. The van der Waals surface area contributed by atoms with E-state index in [2.05, 4.69) is 15.3 Å². The average molecular weight is 397 g/mol. The molecule has 1 amide bonds. The molecular weight excluding hydrogens is 382 g/mol. The minimum absolute atomic E-state index is 0.152. The lowest BCUT2D eigenvalue weighted by atomic mass is 10.3. The van der Waals surface area contributed by atoms with Crippen LogP contribution in [-0.2, 0) is 9.53 Å². The fourth-order valence-corrected chi connectivity index (χ4v) is 3.49. The second kappa shape index (κ2) is 7.65. The van der Waals surface area contributed by atoms with Gasteiger partial charge in [0.1, 0.15) is 9.88 Å². The summed E-state index contributed by atoms with van der Waals surface area (Å²) < 4.78 is 15.6. The molecule has 9 heteroatoms. The number of carbonyl (C=O) groups is 2. The standard InChI is InChI=1S/C19H15N3O5S/c1-11-17(28-18(21-11)13-4-2-3-7-20-13)19(24)25-9-16(23)22-12-5-6-14-15(8-12)27-10-26-14/h2-8H,9-10H2,1H3,(H,22,23). The van der Waals surface area contributed by atoms with Crippen LogP contribution >= 0.6 is 11.3 Å². The quantitative estimate of drug-likeness (QED) is 0.661. The van der Waals surface area contributed by atoms with Gasteiger partial charge in [-0.1, -0.05) is 6.07 Å². The van der Waals surface area contributed by atoms with Crippen molar-refractivity contribution in [3.8, 4) is 22.2 Å². The number of aryl methyl sites for hydroxylation is 1. The summed E-state index contributed by atoms with van der Waals surface area (Å²) in [6, 6.07) is 10.5. The minimum atomic E-state index is -0.599. The van der Waals surface area contributed by atoms with Gasteiger partial charge in [-0.05, 0) is 31.2 Å². The molecule has 28 heavy (non-hydrogen) atoms. The highest BCUT2D eigenvalue weighted by atomic mass is 32.1. The molecule has 1 N–H and O–H groups in total. The van der Waals surface area contributed by atoms with Crippen LogP contribution in [0.2, 0.25) is 0 Å². The lowest BCUT2D eigenvalue weighted by Gasteiger charge is -2.07. The second-order valence-corrected chi connectivity index (χ2v) is 6.84. The Labute approximate surface area is 164 Å². The monoisotopic (exact) mass is 397 g/mol. The van der Waals surface area contributed by atoms with Crippen LogP contribution in [0.25, 0.3) is 10.7 Å². The Morgan fingerprint density at radius 3 is 2.89 bits per heavy atom. The van der Waals surface area contributed by atoms with Crippen LogP contribution in [0.4, 0.5) is 5.69 Å². The van der Waals surface area contributed by atoms with Gasteiger partial charge in [0.15, 0.2) is 18.1 Å². The molecule has 0 bridgehead atoms. The predicted octanol–water partition coefficient (Wildman–Crippen LogP) is 3.04. The van der Waals surface area contributed by atoms with E-state index >= 15 is 0 Å². The van der Waals surface area contributed by atoms with Gasteiger partial charge in [0.2, 0.25) is 6.79 Å². The van der Waals surface area contributed by atoms with E-state index in [0.29, 0.717) is 38.5 Å². The third-order valence-corrected chi connectivity index (χ3v) is 5.02. The highest BCUT2D eigenvalue weighted by Gasteiger charge is 2.19. The van der Waals surface area contributed by atoms with E-state index in [1.807, 2.05) is 12.1 Å². The molecule has 0 saturated heterocycles. The van der Waals surface area contributed by atoms with Gasteiger partial charge < -0.3 is 19.5 Å². The third-order valence-electron chi connectivity index (χ3n) is 3.86. The van der Waals surface area contributed by atoms with Crippen molar-refractivity contribution in [2.75, 3.05) is 18.7 Å². The first kappa shape index (κ1) is 17.9. The van der Waals surface area contributed by atoms with Crippen molar-refractivity contribution in [3.05, 3.63) is 53.2 Å². The third kappa shape index (κ3) is 3.79. The van der Waals surface area contributed by atoms with Gasteiger partial charge in [-0.2, -0.15) is 0 Å². The summed E-state index contributed by atoms with van der Waals surface area (Å²) in [5, 5.41) is 3.27. The SMILES string of the molecule is Cc1nc(-c2ccccn2)sc1C(=O)OCC(=O)Nc1ccc2c(c1)OCO2. The van der Waals surface area contributed by atoms with E-state index in [0.717, 1.165) is 0 Å². The molecule has 0 saturated carbocycles. The summed E-state index contributed by atoms with van der Waals surface area (Å²) in [6.07, 6.45) is 1.66. The van der Waals surface area contributed by atoms with Gasteiger partial charge in [0, 0.05) is 18.0 Å². The van der Waals surface area contributed by atoms with Crippen molar-refractivity contribution in [1.29, 1.82) is 0 Å². The van der Waals surface area contributed by atoms with Crippen molar-refractivity contribution in [1.82, 2.24) is 9.97 Å². The molecule has 0 fully saturated rings. The van der Waals surface area contributed by atoms with Crippen LogP contribution < -0.4 is 14.8 Å². The molecule has 0 spiro atoms. The van der Waals surface area contributed by atoms with Gasteiger partial charge in [0.25, 0.3) is 5.91 Å². The number of anilines is 1. The molecule has 1 aliphatic rings.